The zero-order valence-electron chi connectivity index (χ0n) is 21.4. The van der Waals surface area contributed by atoms with Crippen LogP contribution in [0, 0.1) is 11.3 Å². The number of benzene rings is 2. The van der Waals surface area contributed by atoms with Crippen LogP contribution in [0.5, 0.6) is 5.75 Å². The van der Waals surface area contributed by atoms with Crippen LogP contribution >= 0.6 is 11.6 Å². The predicted octanol–water partition coefficient (Wildman–Crippen LogP) is 4.97. The van der Waals surface area contributed by atoms with Crippen LogP contribution in [0.1, 0.15) is 48.0 Å². The molecule has 200 valence electrons. The Labute approximate surface area is 230 Å². The smallest absolute Gasteiger partial charge is 0.303 e. The van der Waals surface area contributed by atoms with Gasteiger partial charge in [-0.05, 0) is 61.3 Å². The van der Waals surface area contributed by atoms with Gasteiger partial charge in [-0.25, -0.2) is 9.97 Å². The number of aromatic nitrogens is 4. The minimum atomic E-state index is -0.736. The molecule has 0 radical (unpaired) electrons. The van der Waals surface area contributed by atoms with Crippen molar-refractivity contribution >= 4 is 34.4 Å². The van der Waals surface area contributed by atoms with E-state index in [2.05, 4.69) is 20.4 Å². The van der Waals surface area contributed by atoms with Crippen molar-refractivity contribution < 1.29 is 19.4 Å². The second-order valence-corrected chi connectivity index (χ2v) is 11.2. The molecule has 0 unspecified atom stereocenters. The maximum Gasteiger partial charge on any atom is 0.303 e. The quantitative estimate of drug-likeness (QED) is 0.321. The molecule has 6 rings (SSSR count). The number of carbonyl (C=O) groups excluding carboxylic acids is 1. The summed E-state index contributed by atoms with van der Waals surface area (Å²) in [6.07, 6.45) is 9.08. The Bertz CT molecular complexity index is 1550. The molecule has 2 aromatic carbocycles. The lowest BCUT2D eigenvalue weighted by Gasteiger charge is -2.57. The van der Waals surface area contributed by atoms with Crippen molar-refractivity contribution in [2.45, 2.75) is 44.7 Å². The fraction of sp³-hybridized carbons (Fsp3) is 0.345. The number of methoxy groups -OCH3 is 1. The molecule has 1 amide bonds. The molecule has 0 aliphatic heterocycles. The first kappa shape index (κ1) is 25.3. The number of amides is 1. The van der Waals surface area contributed by atoms with E-state index in [0.29, 0.717) is 28.5 Å². The molecule has 2 aromatic heterocycles. The van der Waals surface area contributed by atoms with Crippen molar-refractivity contribution in [3.05, 3.63) is 71.1 Å². The molecule has 4 aromatic rings. The average Bonchev–Trinajstić information content (AvgIpc) is 3.27. The third-order valence-electron chi connectivity index (χ3n) is 7.91. The standard InChI is InChI=1S/C29H28ClN5O4/c1-39-23-4-2-3-19(7-23)27-31-13-18(14-32-27)16-35-26-20(15-33-35)6-21(30)8-24(26)28(38)34-22-11-29(12-22)9-17(10-29)5-25(36)37/h2-4,6-8,13-15,17,22H,5,9-12,16H2,1H3,(H,34,38)(H,36,37). The highest BCUT2D eigenvalue weighted by Crippen LogP contribution is 2.59. The van der Waals surface area contributed by atoms with Crippen molar-refractivity contribution in [3.8, 4) is 17.1 Å². The molecule has 1 spiro atoms. The van der Waals surface area contributed by atoms with Gasteiger partial charge in [-0.2, -0.15) is 5.10 Å². The SMILES string of the molecule is COc1cccc(-c2ncc(Cn3ncc4cc(Cl)cc(C(=O)NC5CC6(CC(CC(=O)O)C6)C5)c43)cn2)c1. The summed E-state index contributed by atoms with van der Waals surface area (Å²) in [5.41, 5.74) is 3.07. The number of aliphatic carboxylic acids is 1. The van der Waals surface area contributed by atoms with Gasteiger partial charge in [0.2, 0.25) is 0 Å². The van der Waals surface area contributed by atoms with Crippen molar-refractivity contribution in [2.75, 3.05) is 7.11 Å². The van der Waals surface area contributed by atoms with Gasteiger partial charge in [0.15, 0.2) is 5.82 Å². The molecule has 0 saturated heterocycles. The molecular weight excluding hydrogens is 518 g/mol. The lowest BCUT2D eigenvalue weighted by Crippen LogP contribution is -2.56. The molecule has 2 heterocycles. The third-order valence-corrected chi connectivity index (χ3v) is 8.13. The summed E-state index contributed by atoms with van der Waals surface area (Å²) < 4.78 is 7.06. The highest BCUT2D eigenvalue weighted by Gasteiger charge is 2.53. The second-order valence-electron chi connectivity index (χ2n) is 10.8. The summed E-state index contributed by atoms with van der Waals surface area (Å²) in [4.78, 5) is 33.4. The Kier molecular flexibility index (Phi) is 6.46. The van der Waals surface area contributed by atoms with Crippen LogP contribution < -0.4 is 10.1 Å². The Hall–Kier alpha value is -3.98. The predicted molar refractivity (Wildman–Crippen MR) is 146 cm³/mol. The molecule has 2 fully saturated rings. The van der Waals surface area contributed by atoms with E-state index in [1.165, 1.54) is 0 Å². The van der Waals surface area contributed by atoms with Gasteiger partial charge in [-0.1, -0.05) is 23.7 Å². The zero-order chi connectivity index (χ0) is 27.1. The first-order valence-corrected chi connectivity index (χ1v) is 13.3. The zero-order valence-corrected chi connectivity index (χ0v) is 22.2. The lowest BCUT2D eigenvalue weighted by molar-refractivity contribution is -0.142. The molecule has 0 atom stereocenters. The number of carboxylic acids is 1. The minimum Gasteiger partial charge on any atom is -0.497 e. The van der Waals surface area contributed by atoms with Crippen molar-refractivity contribution in [1.29, 1.82) is 0 Å². The fourth-order valence-corrected chi connectivity index (χ4v) is 6.48. The Morgan fingerprint density at radius 2 is 1.90 bits per heavy atom. The van der Waals surface area contributed by atoms with Crippen LogP contribution in [-0.4, -0.2) is 49.9 Å². The van der Waals surface area contributed by atoms with Gasteiger partial charge in [0, 0.05) is 46.4 Å². The van der Waals surface area contributed by atoms with Crippen molar-refractivity contribution in [2.24, 2.45) is 11.3 Å². The summed E-state index contributed by atoms with van der Waals surface area (Å²) in [7, 11) is 1.62. The molecular formula is C29H28ClN5O4. The third kappa shape index (κ3) is 5.06. The van der Waals surface area contributed by atoms with Gasteiger partial charge in [0.25, 0.3) is 5.91 Å². The van der Waals surface area contributed by atoms with Gasteiger partial charge in [-0.15, -0.1) is 0 Å². The van der Waals surface area contributed by atoms with Crippen molar-refractivity contribution in [1.82, 2.24) is 25.1 Å². The van der Waals surface area contributed by atoms with Crippen LogP contribution in [0.4, 0.5) is 0 Å². The van der Waals surface area contributed by atoms with E-state index in [0.717, 1.165) is 47.9 Å². The number of ether oxygens (including phenoxy) is 1. The first-order chi connectivity index (χ1) is 18.8. The van der Waals surface area contributed by atoms with Crippen LogP contribution in [0.3, 0.4) is 0 Å². The van der Waals surface area contributed by atoms with Crippen LogP contribution in [0.25, 0.3) is 22.3 Å². The van der Waals surface area contributed by atoms with E-state index in [4.69, 9.17) is 21.4 Å². The largest absolute Gasteiger partial charge is 0.497 e. The number of fused-ring (bicyclic) bond motifs is 1. The molecule has 2 aliphatic carbocycles. The van der Waals surface area contributed by atoms with Gasteiger partial charge in [0.05, 0.1) is 30.9 Å². The Balaban J connectivity index is 1.16. The van der Waals surface area contributed by atoms with E-state index in [-0.39, 0.29) is 29.7 Å². The number of hydrogen-bond donors (Lipinski definition) is 2. The number of hydrogen-bond acceptors (Lipinski definition) is 6. The topological polar surface area (TPSA) is 119 Å². The van der Waals surface area contributed by atoms with E-state index in [1.54, 1.807) is 42.5 Å². The number of carbonyl (C=O) groups is 2. The number of nitrogens with one attached hydrogen (secondary N) is 1. The number of nitrogens with zero attached hydrogens (tertiary/aromatic N) is 4. The molecule has 0 bridgehead atoms. The highest BCUT2D eigenvalue weighted by molar-refractivity contribution is 6.32. The number of rotatable bonds is 8. The molecule has 2 N–H and O–H groups in total. The highest BCUT2D eigenvalue weighted by atomic mass is 35.5. The Morgan fingerprint density at radius 1 is 1.13 bits per heavy atom. The molecule has 9 nitrogen and oxygen atoms in total. The molecule has 39 heavy (non-hydrogen) atoms. The summed E-state index contributed by atoms with van der Waals surface area (Å²) in [6.45, 7) is 0.390. The van der Waals surface area contributed by atoms with Gasteiger partial charge >= 0.3 is 5.97 Å². The fourth-order valence-electron chi connectivity index (χ4n) is 6.25. The Morgan fingerprint density at radius 3 is 2.62 bits per heavy atom. The van der Waals surface area contributed by atoms with E-state index >= 15 is 0 Å². The van der Waals surface area contributed by atoms with Gasteiger partial charge < -0.3 is 15.2 Å². The van der Waals surface area contributed by atoms with E-state index < -0.39 is 5.97 Å². The van der Waals surface area contributed by atoms with E-state index in [9.17, 15) is 9.59 Å². The maximum absolute atomic E-state index is 13.4. The first-order valence-electron chi connectivity index (χ1n) is 12.9. The average molecular weight is 546 g/mol. The van der Waals surface area contributed by atoms with Gasteiger partial charge in [0.1, 0.15) is 5.75 Å². The summed E-state index contributed by atoms with van der Waals surface area (Å²) in [6, 6.07) is 11.1. The second kappa shape index (κ2) is 9.96. The molecule has 2 aliphatic rings. The number of halogens is 1. The monoisotopic (exact) mass is 545 g/mol. The van der Waals surface area contributed by atoms with Crippen LogP contribution in [-0.2, 0) is 11.3 Å². The van der Waals surface area contributed by atoms with Crippen molar-refractivity contribution in [3.63, 3.8) is 0 Å². The summed E-state index contributed by atoms with van der Waals surface area (Å²) in [5, 5.41) is 17.9. The lowest BCUT2D eigenvalue weighted by atomic mass is 9.49. The molecule has 10 heteroatoms. The minimum absolute atomic E-state index is 0.0752. The van der Waals surface area contributed by atoms with E-state index in [1.807, 2.05) is 24.3 Å². The maximum atomic E-state index is 13.4. The molecule has 2 saturated carbocycles. The summed E-state index contributed by atoms with van der Waals surface area (Å²) >= 11 is 6.36. The summed E-state index contributed by atoms with van der Waals surface area (Å²) in [5.74, 6) is 0.665. The van der Waals surface area contributed by atoms with Crippen LogP contribution in [0.15, 0.2) is 55.0 Å². The van der Waals surface area contributed by atoms with Gasteiger partial charge in [-0.3, -0.25) is 14.3 Å². The number of carboxylic acid groups (broad SMARTS) is 1. The normalized spacial score (nSPS) is 21.8. The van der Waals surface area contributed by atoms with Crippen LogP contribution in [0.2, 0.25) is 5.02 Å².